The summed E-state index contributed by atoms with van der Waals surface area (Å²) in [6, 6.07) is 30.5. The van der Waals surface area contributed by atoms with Crippen LogP contribution >= 0.6 is 11.6 Å². The van der Waals surface area contributed by atoms with E-state index in [2.05, 4.69) is 25.4 Å². The molecular formula is C72H61ClF20N4O8. The molecule has 3 amide bonds. The van der Waals surface area contributed by atoms with Crippen LogP contribution < -0.4 is 31.2 Å². The topological polar surface area (TPSA) is 167 Å². The summed E-state index contributed by atoms with van der Waals surface area (Å²) >= 11 is 4.95. The number of carbonyl (C=O) groups excluding carboxylic acids is 4. The molecule has 0 spiro atoms. The quantitative estimate of drug-likeness (QED) is 0.0404. The first-order valence-electron chi connectivity index (χ1n) is 30.5. The second-order valence-electron chi connectivity index (χ2n) is 24.9. The number of ether oxygens (including phenoxy) is 4. The lowest BCUT2D eigenvalue weighted by Gasteiger charge is -2.37. The maximum absolute atomic E-state index is 15.3. The summed E-state index contributed by atoms with van der Waals surface area (Å²) in [5.41, 5.74) is -3.03. The summed E-state index contributed by atoms with van der Waals surface area (Å²) in [5.74, 6) is -10.5. The Morgan fingerprint density at radius 1 is 0.438 bits per heavy atom. The van der Waals surface area contributed by atoms with Gasteiger partial charge in [0, 0.05) is 53.9 Å². The highest BCUT2D eigenvalue weighted by Crippen LogP contribution is 2.42. The van der Waals surface area contributed by atoms with Crippen molar-refractivity contribution in [2.24, 2.45) is 5.73 Å². The number of carbonyl (C=O) groups is 4. The molecule has 0 heterocycles. The third-order valence-corrected chi connectivity index (χ3v) is 14.7. The number of alkyl carbamates (subject to hydrolysis) is 2. The minimum absolute atomic E-state index is 0.0124. The van der Waals surface area contributed by atoms with Gasteiger partial charge in [0.1, 0.15) is 57.6 Å². The third-order valence-electron chi connectivity index (χ3n) is 14.5. The first-order valence-corrected chi connectivity index (χ1v) is 30.8. The summed E-state index contributed by atoms with van der Waals surface area (Å²) < 4.78 is 289. The van der Waals surface area contributed by atoms with Crippen LogP contribution in [0.5, 0.6) is 11.5 Å². The fourth-order valence-corrected chi connectivity index (χ4v) is 9.96. The van der Waals surface area contributed by atoms with Crippen molar-refractivity contribution in [1.82, 2.24) is 16.0 Å². The monoisotopic (exact) mass is 1520 g/mol. The lowest BCUT2D eigenvalue weighted by atomic mass is 9.77. The Morgan fingerprint density at radius 2 is 0.819 bits per heavy atom. The molecule has 105 heavy (non-hydrogen) atoms. The van der Waals surface area contributed by atoms with E-state index < -0.39 is 165 Å². The van der Waals surface area contributed by atoms with E-state index in [4.69, 9.17) is 26.8 Å². The summed E-state index contributed by atoms with van der Waals surface area (Å²) in [6.45, 7) is 8.88. The predicted octanol–water partition coefficient (Wildman–Crippen LogP) is 19.2. The van der Waals surface area contributed by atoms with Crippen LogP contribution in [0.25, 0.3) is 0 Å². The van der Waals surface area contributed by atoms with Crippen LogP contribution in [-0.4, -0.2) is 59.6 Å². The summed E-state index contributed by atoms with van der Waals surface area (Å²) in [7, 11) is 0. The SMILES string of the molecule is CC(C)(C)OC(=O)NCc1cc([C@@](Cc2ccccc2)(NC(=O)c2ccc(F)c(C(F)(F)F)c2)c2cc(F)cc(OC(F)(F)C(F)F)c2)ccc1F.CC(C)(C)OC(=O)NCc1cc([C@](N)(Cc2ccccc2)c2cc(F)cc(OC(F)(F)C(F)F)c2)ccc1F.O=C(Cl)c1ccc(F)c(C(F)(F)F)c1. The molecule has 12 nitrogen and oxygen atoms in total. The average molecular weight is 1530 g/mol. The van der Waals surface area contributed by atoms with Gasteiger partial charge in [-0.15, -0.1) is 0 Å². The zero-order valence-corrected chi connectivity index (χ0v) is 56.2. The highest BCUT2D eigenvalue weighted by Gasteiger charge is 2.47. The van der Waals surface area contributed by atoms with Crippen molar-refractivity contribution in [2.45, 2.75) is 127 Å². The molecule has 0 bridgehead atoms. The highest BCUT2D eigenvalue weighted by molar-refractivity contribution is 6.67. The minimum Gasteiger partial charge on any atom is -0.444 e. The minimum atomic E-state index is -5.24. The number of hydrogen-bond acceptors (Lipinski definition) is 9. The lowest BCUT2D eigenvalue weighted by Crippen LogP contribution is -2.49. The fraction of sp³-hybridized carbons (Fsp3) is 0.278. The number of hydrogen-bond donors (Lipinski definition) is 4. The molecule has 0 aromatic heterocycles. The molecule has 5 N–H and O–H groups in total. The van der Waals surface area contributed by atoms with E-state index in [0.29, 0.717) is 53.6 Å². The molecular weight excluding hydrogens is 1460 g/mol. The Morgan fingerprint density at radius 3 is 1.24 bits per heavy atom. The van der Waals surface area contributed by atoms with Gasteiger partial charge in [0.25, 0.3) is 11.1 Å². The van der Waals surface area contributed by atoms with Crippen LogP contribution in [0, 0.1) is 34.9 Å². The van der Waals surface area contributed by atoms with Gasteiger partial charge in [-0.25, -0.2) is 35.9 Å². The van der Waals surface area contributed by atoms with Crippen LogP contribution in [0.3, 0.4) is 0 Å². The van der Waals surface area contributed by atoms with Crippen LogP contribution in [-0.2, 0) is 58.8 Å². The van der Waals surface area contributed by atoms with Gasteiger partial charge in [-0.1, -0.05) is 72.8 Å². The summed E-state index contributed by atoms with van der Waals surface area (Å²) in [5, 5.41) is 6.22. The van der Waals surface area contributed by atoms with E-state index >= 15 is 8.78 Å². The second-order valence-corrected chi connectivity index (χ2v) is 25.3. The van der Waals surface area contributed by atoms with Gasteiger partial charge in [-0.2, -0.15) is 61.5 Å². The van der Waals surface area contributed by atoms with Gasteiger partial charge >= 0.3 is 49.6 Å². The van der Waals surface area contributed by atoms with Crippen molar-refractivity contribution < 1.29 is 126 Å². The Kier molecular flexibility index (Phi) is 27.0. The molecule has 8 aromatic rings. The number of amides is 3. The smallest absolute Gasteiger partial charge is 0.444 e. The zero-order chi connectivity index (χ0) is 78.6. The van der Waals surface area contributed by atoms with Crippen molar-refractivity contribution >= 4 is 34.9 Å². The van der Waals surface area contributed by atoms with E-state index in [1.165, 1.54) is 24.3 Å². The molecule has 0 unspecified atom stereocenters. The molecule has 0 fully saturated rings. The van der Waals surface area contributed by atoms with Crippen molar-refractivity contribution in [3.63, 3.8) is 0 Å². The van der Waals surface area contributed by atoms with Gasteiger partial charge in [0.05, 0.1) is 22.2 Å². The van der Waals surface area contributed by atoms with Crippen molar-refractivity contribution in [2.75, 3.05) is 0 Å². The van der Waals surface area contributed by atoms with Gasteiger partial charge in [-0.3, -0.25) is 9.59 Å². The molecule has 33 heteroatoms. The van der Waals surface area contributed by atoms with Gasteiger partial charge in [0.2, 0.25) is 0 Å². The van der Waals surface area contributed by atoms with Crippen molar-refractivity contribution in [1.29, 1.82) is 0 Å². The summed E-state index contributed by atoms with van der Waals surface area (Å²) in [6.07, 6.45) is -30.8. The number of benzene rings is 8. The van der Waals surface area contributed by atoms with Crippen LogP contribution in [0.2, 0.25) is 0 Å². The van der Waals surface area contributed by atoms with Crippen molar-refractivity contribution in [3.05, 3.63) is 272 Å². The molecule has 0 aliphatic carbocycles. The van der Waals surface area contributed by atoms with E-state index in [-0.39, 0.29) is 52.4 Å². The standard InChI is InChI=1S/C36H30F10N2O4.C28H28F6N2O3.C8H3ClF4O/c1-33(2,3)52-32(50)47-19-22-13-23(10-12-28(22)38)34(18-20-7-5-4-6-8-20,24-15-25(37)17-26(16-24)51-36(45,46)31(40)41)48-30(49)21-9-11-29(39)27(14-21)35(42,43)44;1-26(2,3)39-25(37)36-16-18-11-19(9-10-23(18)30)27(35,15-17-7-5-4-6-8-17)20-12-21(29)14-22(13-20)38-28(33,34)24(31)32;9-7(14)4-1-2-6(10)5(3-4)8(11,12)13/h4-17,31H,18-19H2,1-3H3,(H,47,50)(H,48,49);4-14,24H,15-16,35H2,1-3H3,(H,36,37);1-3H/t34-;27-;/m11./s1. The number of rotatable bonds is 21. The van der Waals surface area contributed by atoms with Crippen molar-refractivity contribution in [3.8, 4) is 11.5 Å². The van der Waals surface area contributed by atoms with Crippen LogP contribution in [0.4, 0.5) is 97.4 Å². The zero-order valence-electron chi connectivity index (χ0n) is 55.4. The molecule has 8 aromatic carbocycles. The van der Waals surface area contributed by atoms with E-state index in [1.54, 1.807) is 90.1 Å². The fourth-order valence-electron chi connectivity index (χ4n) is 9.84. The van der Waals surface area contributed by atoms with E-state index in [0.717, 1.165) is 48.5 Å². The Bertz CT molecular complexity index is 4370. The Labute approximate surface area is 590 Å². The molecule has 8 rings (SSSR count). The molecule has 0 aliphatic heterocycles. The van der Waals surface area contributed by atoms with E-state index in [1.807, 2.05) is 0 Å². The third kappa shape index (κ3) is 23.7. The number of nitrogens with two attached hydrogens (primary N) is 1. The molecule has 0 radical (unpaired) electrons. The van der Waals surface area contributed by atoms with Crippen LogP contribution in [0.1, 0.15) is 118 Å². The normalized spacial score (nSPS) is 13.2. The second kappa shape index (κ2) is 33.8. The predicted molar refractivity (Wildman–Crippen MR) is 341 cm³/mol. The maximum Gasteiger partial charge on any atom is 0.461 e. The first kappa shape index (κ1) is 83.8. The molecule has 0 aliphatic rings. The average Bonchev–Trinajstić information content (AvgIpc) is 0.759. The largest absolute Gasteiger partial charge is 0.461 e. The number of alkyl halides is 14. The maximum atomic E-state index is 15.3. The lowest BCUT2D eigenvalue weighted by molar-refractivity contribution is -0.253. The molecule has 2 atom stereocenters. The summed E-state index contributed by atoms with van der Waals surface area (Å²) in [4.78, 5) is 48.8. The van der Waals surface area contributed by atoms with Gasteiger partial charge in [0.15, 0.2) is 0 Å². The van der Waals surface area contributed by atoms with Crippen LogP contribution in [0.15, 0.2) is 170 Å². The molecule has 0 saturated heterocycles. The van der Waals surface area contributed by atoms with Gasteiger partial charge < -0.3 is 40.6 Å². The molecule has 564 valence electrons. The van der Waals surface area contributed by atoms with Gasteiger partial charge in [-0.05, 0) is 178 Å². The highest BCUT2D eigenvalue weighted by atomic mass is 35.5. The Balaban J connectivity index is 0.000000285. The molecule has 0 saturated carbocycles. The first-order chi connectivity index (χ1) is 48.5. The van der Waals surface area contributed by atoms with E-state index in [9.17, 15) is 98.2 Å². The Hall–Kier alpha value is -10.1. The number of halogens is 21. The number of nitrogens with one attached hydrogen (secondary N) is 3.